The van der Waals surface area contributed by atoms with Crippen molar-refractivity contribution >= 4 is 50.7 Å². The van der Waals surface area contributed by atoms with Crippen molar-refractivity contribution in [3.8, 4) is 23.0 Å². The molecule has 0 atom stereocenters. The van der Waals surface area contributed by atoms with E-state index < -0.39 is 0 Å². The van der Waals surface area contributed by atoms with Gasteiger partial charge in [0.1, 0.15) is 11.5 Å². The molecule has 2 amide bonds. The van der Waals surface area contributed by atoms with Gasteiger partial charge in [-0.1, -0.05) is 29.8 Å². The van der Waals surface area contributed by atoms with Gasteiger partial charge in [0, 0.05) is 33.7 Å². The summed E-state index contributed by atoms with van der Waals surface area (Å²) in [6.45, 7) is 0. The zero-order chi connectivity index (χ0) is 25.1. The van der Waals surface area contributed by atoms with Gasteiger partial charge >= 0.3 is 6.03 Å². The Balaban J connectivity index is 1.41. The van der Waals surface area contributed by atoms with Gasteiger partial charge in [0.2, 0.25) is 0 Å². The van der Waals surface area contributed by atoms with Crippen LogP contribution < -0.4 is 24.8 Å². The van der Waals surface area contributed by atoms with Gasteiger partial charge in [0.15, 0.2) is 11.5 Å². The minimum Gasteiger partial charge on any atom is -0.493 e. The molecule has 180 valence electrons. The van der Waals surface area contributed by atoms with Gasteiger partial charge in [-0.15, -0.1) is 0 Å². The number of ether oxygens (including phenoxy) is 3. The summed E-state index contributed by atoms with van der Waals surface area (Å²) in [6, 6.07) is 23.4. The summed E-state index contributed by atoms with van der Waals surface area (Å²) >= 11 is 6.00. The first-order valence-corrected chi connectivity index (χ1v) is 11.5. The average molecular weight is 500 g/mol. The minimum absolute atomic E-state index is 0.363. The Morgan fingerprint density at radius 1 is 0.806 bits per heavy atom. The van der Waals surface area contributed by atoms with E-state index in [1.54, 1.807) is 50.7 Å². The third-order valence-electron chi connectivity index (χ3n) is 5.62. The molecule has 1 heterocycles. The average Bonchev–Trinajstić information content (AvgIpc) is 2.88. The number of aromatic nitrogens is 1. The second-order valence-corrected chi connectivity index (χ2v) is 8.35. The maximum atomic E-state index is 12.6. The number of halogens is 1. The van der Waals surface area contributed by atoms with Crippen molar-refractivity contribution in [3.05, 3.63) is 90.1 Å². The van der Waals surface area contributed by atoms with Crippen LogP contribution >= 0.6 is 11.6 Å². The van der Waals surface area contributed by atoms with Gasteiger partial charge in [-0.2, -0.15) is 0 Å². The fourth-order valence-corrected chi connectivity index (χ4v) is 4.14. The number of hydrogen-bond donors (Lipinski definition) is 2. The number of carbonyl (C=O) groups is 1. The lowest BCUT2D eigenvalue weighted by Crippen LogP contribution is -2.19. The van der Waals surface area contributed by atoms with Crippen LogP contribution in [0.3, 0.4) is 0 Å². The maximum absolute atomic E-state index is 12.6. The Bertz CT molecular complexity index is 1590. The summed E-state index contributed by atoms with van der Waals surface area (Å²) in [5.41, 5.74) is 2.00. The number of amides is 2. The van der Waals surface area contributed by atoms with Gasteiger partial charge in [-0.05, 0) is 60.0 Å². The summed E-state index contributed by atoms with van der Waals surface area (Å²) in [5, 5.41) is 8.81. The van der Waals surface area contributed by atoms with Crippen LogP contribution in [0.25, 0.3) is 21.7 Å². The van der Waals surface area contributed by atoms with Gasteiger partial charge in [-0.25, -0.2) is 4.79 Å². The molecular weight excluding hydrogens is 478 g/mol. The van der Waals surface area contributed by atoms with Crippen LogP contribution in [0.5, 0.6) is 23.0 Å². The van der Waals surface area contributed by atoms with E-state index in [4.69, 9.17) is 25.8 Å². The number of hydrogen-bond acceptors (Lipinski definition) is 5. The molecule has 7 nitrogen and oxygen atoms in total. The number of nitrogens with zero attached hydrogens (tertiary/aromatic N) is 1. The van der Waals surface area contributed by atoms with E-state index in [1.807, 2.05) is 48.5 Å². The maximum Gasteiger partial charge on any atom is 0.323 e. The number of carbonyl (C=O) groups excluding carboxylic acids is 1. The van der Waals surface area contributed by atoms with E-state index in [9.17, 15) is 4.79 Å². The molecule has 1 aromatic heterocycles. The van der Waals surface area contributed by atoms with E-state index in [2.05, 4.69) is 15.6 Å². The van der Waals surface area contributed by atoms with Crippen molar-refractivity contribution < 1.29 is 19.0 Å². The highest BCUT2D eigenvalue weighted by Crippen LogP contribution is 2.37. The molecule has 0 aliphatic rings. The Morgan fingerprint density at radius 2 is 1.61 bits per heavy atom. The number of rotatable bonds is 6. The fourth-order valence-electron chi connectivity index (χ4n) is 3.95. The molecule has 36 heavy (non-hydrogen) atoms. The molecule has 0 spiro atoms. The first-order chi connectivity index (χ1) is 17.5. The van der Waals surface area contributed by atoms with Gasteiger partial charge in [-0.3, -0.25) is 4.98 Å². The zero-order valence-corrected chi connectivity index (χ0v) is 20.3. The lowest BCUT2D eigenvalue weighted by atomic mass is 10.1. The van der Waals surface area contributed by atoms with Crippen molar-refractivity contribution in [2.45, 2.75) is 0 Å². The first kappa shape index (κ1) is 23.3. The molecule has 0 saturated carbocycles. The Hall–Kier alpha value is -4.49. The molecule has 2 N–H and O–H groups in total. The highest BCUT2D eigenvalue weighted by atomic mass is 35.5. The Kier molecular flexibility index (Phi) is 6.47. The van der Waals surface area contributed by atoms with Gasteiger partial charge in [0.25, 0.3) is 0 Å². The molecule has 8 heteroatoms. The first-order valence-electron chi connectivity index (χ1n) is 11.1. The summed E-state index contributed by atoms with van der Waals surface area (Å²) in [5.74, 6) is 2.47. The smallest absolute Gasteiger partial charge is 0.323 e. The topological polar surface area (TPSA) is 81.7 Å². The summed E-state index contributed by atoms with van der Waals surface area (Å²) in [6.07, 6.45) is 1.69. The Morgan fingerprint density at radius 3 is 2.42 bits per heavy atom. The number of anilines is 2. The van der Waals surface area contributed by atoms with Gasteiger partial charge in [0.05, 0.1) is 25.4 Å². The molecule has 0 aliphatic carbocycles. The lowest BCUT2D eigenvalue weighted by molar-refractivity contribution is 0.262. The predicted octanol–water partition coefficient (Wildman–Crippen LogP) is 7.49. The highest BCUT2D eigenvalue weighted by molar-refractivity contribution is 6.31. The lowest BCUT2D eigenvalue weighted by Gasteiger charge is -2.14. The summed E-state index contributed by atoms with van der Waals surface area (Å²) < 4.78 is 17.1. The molecular formula is C28H22ClN3O4. The third kappa shape index (κ3) is 4.82. The highest BCUT2D eigenvalue weighted by Gasteiger charge is 2.12. The zero-order valence-electron chi connectivity index (χ0n) is 19.5. The van der Waals surface area contributed by atoms with Crippen molar-refractivity contribution in [2.75, 3.05) is 24.9 Å². The molecule has 0 aliphatic heterocycles. The standard InChI is InChI=1S/C28H22ClN3O4/c1-34-26-15-22-24(16-27(26)35-2)30-12-11-25(22)36-20-9-10-21-17(13-20)5-3-8-23(21)32-28(33)31-19-7-4-6-18(29)14-19/h3-16H,1-2H3,(H2,31,32,33). The second-order valence-electron chi connectivity index (χ2n) is 7.91. The molecule has 0 radical (unpaired) electrons. The molecule has 0 fully saturated rings. The van der Waals surface area contributed by atoms with Crippen molar-refractivity contribution in [3.63, 3.8) is 0 Å². The SMILES string of the molecule is COc1cc2nccc(Oc3ccc4c(NC(=O)Nc5cccc(Cl)c5)cccc4c3)c2cc1OC. The minimum atomic E-state index is -0.363. The van der Waals surface area contributed by atoms with E-state index >= 15 is 0 Å². The van der Waals surface area contributed by atoms with Crippen molar-refractivity contribution in [1.29, 1.82) is 0 Å². The molecule has 0 saturated heterocycles. The van der Waals surface area contributed by atoms with Crippen LogP contribution in [-0.4, -0.2) is 25.2 Å². The number of benzene rings is 4. The van der Waals surface area contributed by atoms with E-state index in [1.165, 1.54) is 0 Å². The number of nitrogens with one attached hydrogen (secondary N) is 2. The molecule has 5 rings (SSSR count). The van der Waals surface area contributed by atoms with Crippen molar-refractivity contribution in [1.82, 2.24) is 4.98 Å². The molecule has 4 aromatic carbocycles. The van der Waals surface area contributed by atoms with Crippen LogP contribution in [0.1, 0.15) is 0 Å². The van der Waals surface area contributed by atoms with E-state index in [0.29, 0.717) is 39.4 Å². The summed E-state index contributed by atoms with van der Waals surface area (Å²) in [7, 11) is 3.17. The number of pyridine rings is 1. The quantitative estimate of drug-likeness (QED) is 0.253. The normalized spacial score (nSPS) is 10.8. The monoisotopic (exact) mass is 499 g/mol. The molecule has 0 unspecified atom stereocenters. The number of fused-ring (bicyclic) bond motifs is 2. The third-order valence-corrected chi connectivity index (χ3v) is 5.85. The van der Waals surface area contributed by atoms with Gasteiger partial charge < -0.3 is 24.8 Å². The second kappa shape index (κ2) is 10.0. The van der Waals surface area contributed by atoms with Crippen molar-refractivity contribution in [2.24, 2.45) is 0 Å². The molecule has 0 bridgehead atoms. The van der Waals surface area contributed by atoms with Crippen LogP contribution in [0.4, 0.5) is 16.2 Å². The summed E-state index contributed by atoms with van der Waals surface area (Å²) in [4.78, 5) is 17.0. The fraction of sp³-hybridized carbons (Fsp3) is 0.0714. The van der Waals surface area contributed by atoms with Crippen LogP contribution in [0, 0.1) is 0 Å². The van der Waals surface area contributed by atoms with E-state index in [0.717, 1.165) is 21.7 Å². The van der Waals surface area contributed by atoms with Crippen LogP contribution in [0.2, 0.25) is 5.02 Å². The number of urea groups is 1. The molecule has 5 aromatic rings. The Labute approximate surface area is 212 Å². The predicted molar refractivity (Wildman–Crippen MR) is 143 cm³/mol. The van der Waals surface area contributed by atoms with Crippen LogP contribution in [-0.2, 0) is 0 Å². The number of methoxy groups -OCH3 is 2. The van der Waals surface area contributed by atoms with E-state index in [-0.39, 0.29) is 6.03 Å². The van der Waals surface area contributed by atoms with Crippen LogP contribution in [0.15, 0.2) is 85.1 Å². The largest absolute Gasteiger partial charge is 0.493 e.